The molecule has 0 unspecified atom stereocenters. The van der Waals surface area contributed by atoms with E-state index in [0.29, 0.717) is 10.6 Å². The van der Waals surface area contributed by atoms with Crippen LogP contribution in [0.25, 0.3) is 6.08 Å². The first-order chi connectivity index (χ1) is 11.1. The van der Waals surface area contributed by atoms with Crippen LogP contribution in [0.2, 0.25) is 0 Å². The summed E-state index contributed by atoms with van der Waals surface area (Å²) in [5.74, 6) is 0.459. The molecule has 0 aliphatic carbocycles. The Morgan fingerprint density at radius 2 is 1.74 bits per heavy atom. The Morgan fingerprint density at radius 1 is 1.04 bits per heavy atom. The number of para-hydroxylation sites is 1. The first-order valence-corrected chi connectivity index (χ1v) is 7.89. The van der Waals surface area contributed by atoms with Crippen LogP contribution in [0.5, 0.6) is 5.75 Å². The molecule has 1 saturated heterocycles. The van der Waals surface area contributed by atoms with E-state index in [4.69, 9.17) is 4.74 Å². The maximum absolute atomic E-state index is 12.6. The van der Waals surface area contributed by atoms with Gasteiger partial charge < -0.3 is 4.74 Å². The Balaban J connectivity index is 1.91. The Bertz CT molecular complexity index is 796. The number of carbonyl (C=O) groups excluding carboxylic acids is 2. The summed E-state index contributed by atoms with van der Waals surface area (Å²) in [6.45, 7) is 1.88. The molecule has 0 N–H and O–H groups in total. The van der Waals surface area contributed by atoms with Crippen LogP contribution in [0.4, 0.5) is 10.5 Å². The molecule has 2 aromatic carbocycles. The van der Waals surface area contributed by atoms with E-state index in [0.717, 1.165) is 28.6 Å². The highest BCUT2D eigenvalue weighted by atomic mass is 32.2. The van der Waals surface area contributed by atoms with Crippen molar-refractivity contribution < 1.29 is 14.3 Å². The highest BCUT2D eigenvalue weighted by Gasteiger charge is 2.36. The van der Waals surface area contributed by atoms with Crippen LogP contribution < -0.4 is 9.64 Å². The zero-order valence-corrected chi connectivity index (χ0v) is 13.6. The van der Waals surface area contributed by atoms with Crippen molar-refractivity contribution in [3.8, 4) is 5.75 Å². The summed E-state index contributed by atoms with van der Waals surface area (Å²) in [7, 11) is 1.60. The van der Waals surface area contributed by atoms with Gasteiger partial charge in [0, 0.05) is 0 Å². The Kier molecular flexibility index (Phi) is 4.21. The Morgan fingerprint density at radius 3 is 2.39 bits per heavy atom. The molecule has 5 heteroatoms. The van der Waals surface area contributed by atoms with Gasteiger partial charge in [-0.1, -0.05) is 30.3 Å². The molecule has 23 heavy (non-hydrogen) atoms. The topological polar surface area (TPSA) is 46.6 Å². The number of methoxy groups -OCH3 is 1. The third kappa shape index (κ3) is 3.00. The lowest BCUT2D eigenvalue weighted by Crippen LogP contribution is -2.28. The fourth-order valence-electron chi connectivity index (χ4n) is 2.34. The summed E-state index contributed by atoms with van der Waals surface area (Å²) < 4.78 is 5.11. The predicted octanol–water partition coefficient (Wildman–Crippen LogP) is 4.24. The number of thioether (sulfide) groups is 1. The van der Waals surface area contributed by atoms with Crippen LogP contribution >= 0.6 is 11.8 Å². The number of carbonyl (C=O) groups is 2. The van der Waals surface area contributed by atoms with Crippen molar-refractivity contribution in [3.63, 3.8) is 0 Å². The lowest BCUT2D eigenvalue weighted by molar-refractivity contribution is -0.113. The lowest BCUT2D eigenvalue weighted by atomic mass is 10.1. The number of amides is 2. The predicted molar refractivity (Wildman–Crippen MR) is 92.6 cm³/mol. The van der Waals surface area contributed by atoms with E-state index in [1.165, 1.54) is 4.90 Å². The second-order valence-corrected chi connectivity index (χ2v) is 6.07. The molecule has 116 valence electrons. The van der Waals surface area contributed by atoms with Crippen LogP contribution in [0, 0.1) is 6.92 Å². The van der Waals surface area contributed by atoms with Gasteiger partial charge in [-0.3, -0.25) is 9.59 Å². The number of nitrogens with zero attached hydrogens (tertiary/aromatic N) is 1. The van der Waals surface area contributed by atoms with E-state index in [2.05, 4.69) is 0 Å². The van der Waals surface area contributed by atoms with Gasteiger partial charge in [0.25, 0.3) is 11.1 Å². The van der Waals surface area contributed by atoms with Crippen molar-refractivity contribution in [2.24, 2.45) is 0 Å². The fraction of sp³-hybridized carbons (Fsp3) is 0.111. The molecule has 1 heterocycles. The summed E-state index contributed by atoms with van der Waals surface area (Å²) in [5.41, 5.74) is 2.37. The molecule has 0 aromatic heterocycles. The molecule has 0 radical (unpaired) electrons. The number of aryl methyl sites for hydroxylation is 1. The average molecular weight is 325 g/mol. The summed E-state index contributed by atoms with van der Waals surface area (Å²) in [6.07, 6.45) is 1.72. The van der Waals surface area contributed by atoms with E-state index >= 15 is 0 Å². The Hall–Kier alpha value is -2.53. The van der Waals surface area contributed by atoms with Crippen LogP contribution in [-0.2, 0) is 4.79 Å². The van der Waals surface area contributed by atoms with Crippen molar-refractivity contribution >= 4 is 34.7 Å². The fourth-order valence-corrected chi connectivity index (χ4v) is 3.18. The molecule has 0 saturated carbocycles. The first-order valence-electron chi connectivity index (χ1n) is 7.08. The third-order valence-electron chi connectivity index (χ3n) is 3.56. The van der Waals surface area contributed by atoms with Crippen molar-refractivity contribution in [2.75, 3.05) is 12.0 Å². The van der Waals surface area contributed by atoms with Gasteiger partial charge in [0.1, 0.15) is 5.75 Å². The third-order valence-corrected chi connectivity index (χ3v) is 4.43. The summed E-state index contributed by atoms with van der Waals surface area (Å²) >= 11 is 0.957. The molecule has 0 spiro atoms. The zero-order chi connectivity index (χ0) is 16.4. The molecule has 2 aromatic rings. The van der Waals surface area contributed by atoms with Crippen LogP contribution in [0.3, 0.4) is 0 Å². The van der Waals surface area contributed by atoms with Gasteiger partial charge in [-0.25, -0.2) is 4.90 Å². The largest absolute Gasteiger partial charge is 0.497 e. The Labute approximate surface area is 138 Å². The molecule has 2 amide bonds. The molecule has 1 aliphatic rings. The summed E-state index contributed by atoms with van der Waals surface area (Å²) in [4.78, 5) is 26.5. The van der Waals surface area contributed by atoms with Gasteiger partial charge in [-0.15, -0.1) is 0 Å². The standard InChI is InChI=1S/C18H15NO3S/c1-12-5-3-4-6-15(12)19-17(20)16(23-18(19)21)11-13-7-9-14(22-2)10-8-13/h3-11H,1-2H3/b16-11-. The summed E-state index contributed by atoms with van der Waals surface area (Å²) in [5, 5.41) is -0.274. The number of hydrogen-bond donors (Lipinski definition) is 0. The number of ether oxygens (including phenoxy) is 1. The van der Waals surface area contributed by atoms with E-state index in [9.17, 15) is 9.59 Å². The van der Waals surface area contributed by atoms with Crippen LogP contribution in [-0.4, -0.2) is 18.3 Å². The number of benzene rings is 2. The van der Waals surface area contributed by atoms with E-state index < -0.39 is 0 Å². The smallest absolute Gasteiger partial charge is 0.298 e. The molecule has 3 rings (SSSR count). The van der Waals surface area contributed by atoms with Crippen LogP contribution in [0.15, 0.2) is 53.4 Å². The molecular formula is C18H15NO3S. The maximum Gasteiger partial charge on any atom is 0.298 e. The van der Waals surface area contributed by atoms with E-state index in [1.807, 2.05) is 49.4 Å². The van der Waals surface area contributed by atoms with Gasteiger partial charge >= 0.3 is 0 Å². The minimum atomic E-state index is -0.287. The van der Waals surface area contributed by atoms with Crippen molar-refractivity contribution in [3.05, 3.63) is 64.6 Å². The number of hydrogen-bond acceptors (Lipinski definition) is 4. The number of anilines is 1. The van der Waals surface area contributed by atoms with Gasteiger partial charge in [0.15, 0.2) is 0 Å². The second kappa shape index (κ2) is 6.30. The SMILES string of the molecule is COc1ccc(/C=C2\SC(=O)N(c3ccccc3C)C2=O)cc1. The van der Waals surface area contributed by atoms with Gasteiger partial charge in [0.2, 0.25) is 0 Å². The molecule has 0 atom stereocenters. The average Bonchev–Trinajstić information content (AvgIpc) is 2.83. The van der Waals surface area contributed by atoms with Gasteiger partial charge in [0.05, 0.1) is 17.7 Å². The van der Waals surface area contributed by atoms with Crippen molar-refractivity contribution in [1.29, 1.82) is 0 Å². The zero-order valence-electron chi connectivity index (χ0n) is 12.8. The van der Waals surface area contributed by atoms with Crippen molar-refractivity contribution in [2.45, 2.75) is 6.92 Å². The highest BCUT2D eigenvalue weighted by molar-refractivity contribution is 8.19. The lowest BCUT2D eigenvalue weighted by Gasteiger charge is -2.14. The van der Waals surface area contributed by atoms with Gasteiger partial charge in [-0.05, 0) is 54.1 Å². The normalized spacial score (nSPS) is 16.3. The second-order valence-electron chi connectivity index (χ2n) is 5.08. The van der Waals surface area contributed by atoms with Crippen molar-refractivity contribution in [1.82, 2.24) is 0 Å². The quantitative estimate of drug-likeness (QED) is 0.792. The molecule has 4 nitrogen and oxygen atoms in total. The molecule has 1 aliphatic heterocycles. The number of imide groups is 1. The van der Waals surface area contributed by atoms with Crippen LogP contribution in [0.1, 0.15) is 11.1 Å². The van der Waals surface area contributed by atoms with Gasteiger partial charge in [-0.2, -0.15) is 0 Å². The minimum absolute atomic E-state index is 0.274. The minimum Gasteiger partial charge on any atom is -0.497 e. The maximum atomic E-state index is 12.6. The first kappa shape index (κ1) is 15.4. The van der Waals surface area contributed by atoms with E-state index in [1.54, 1.807) is 19.3 Å². The molecular weight excluding hydrogens is 310 g/mol. The summed E-state index contributed by atoms with van der Waals surface area (Å²) in [6, 6.07) is 14.7. The molecule has 1 fully saturated rings. The monoisotopic (exact) mass is 325 g/mol. The van der Waals surface area contributed by atoms with E-state index in [-0.39, 0.29) is 11.1 Å². The number of rotatable bonds is 3. The molecule has 0 bridgehead atoms. The highest BCUT2D eigenvalue weighted by Crippen LogP contribution is 2.36.